The first-order valence-electron chi connectivity index (χ1n) is 2.78. The molecule has 0 spiro atoms. The molecule has 3 N–H and O–H groups in total. The molecule has 0 aromatic heterocycles. The molecule has 0 heterocycles. The van der Waals surface area contributed by atoms with Crippen LogP contribution in [0.2, 0.25) is 0 Å². The zero-order valence-corrected chi connectivity index (χ0v) is 6.21. The number of para-hydroxylation sites is 1. The second kappa shape index (κ2) is 3.30. The van der Waals surface area contributed by atoms with E-state index in [0.29, 0.717) is 5.75 Å². The average molecular weight is 155 g/mol. The van der Waals surface area contributed by atoms with Gasteiger partial charge in [-0.15, -0.1) is 5.50 Å². The van der Waals surface area contributed by atoms with E-state index >= 15 is 0 Å². The number of hydrogen-bond donors (Lipinski definition) is 2. The summed E-state index contributed by atoms with van der Waals surface area (Å²) in [7, 11) is -1.53. The molecule has 0 radical (unpaired) electrons. The lowest BCUT2D eigenvalue weighted by Gasteiger charge is -1.88. The molecule has 0 fully saturated rings. The van der Waals surface area contributed by atoms with Crippen molar-refractivity contribution < 1.29 is 4.52 Å². The summed E-state index contributed by atoms with van der Waals surface area (Å²) in [5.74, 6) is 0.658. The van der Waals surface area contributed by atoms with Crippen molar-refractivity contribution in [2.75, 3.05) is 0 Å². The summed E-state index contributed by atoms with van der Waals surface area (Å²) in [5, 5.41) is 6.94. The Kier molecular flexibility index (Phi) is 2.37. The first-order chi connectivity index (χ1) is 4.79. The monoisotopic (exact) mass is 155 g/mol. The Balaban J connectivity index is 2.67. The Morgan fingerprint density at radius 2 is 1.90 bits per heavy atom. The summed E-state index contributed by atoms with van der Waals surface area (Å²) in [4.78, 5) is 0. The summed E-state index contributed by atoms with van der Waals surface area (Å²) in [6, 6.07) is 9.12. The standard InChI is InChI=1S/C6H8N2OP/c7-10(8)9-6-4-2-1-3-5-6/h1-5H,(H3,7,8)/q+1. The lowest BCUT2D eigenvalue weighted by molar-refractivity contribution is 0.620. The first kappa shape index (κ1) is 7.19. The zero-order chi connectivity index (χ0) is 7.40. The number of benzene rings is 1. The third-order valence-electron chi connectivity index (χ3n) is 0.947. The lowest BCUT2D eigenvalue weighted by Crippen LogP contribution is -1.86. The third kappa shape index (κ3) is 2.13. The maximum absolute atomic E-state index is 6.94. The summed E-state index contributed by atoms with van der Waals surface area (Å²) in [6.07, 6.45) is 0. The molecule has 52 valence electrons. The molecule has 0 saturated heterocycles. The van der Waals surface area contributed by atoms with Crippen LogP contribution in [0, 0.1) is 5.16 Å². The first-order valence-corrected chi connectivity index (χ1v) is 4.11. The SMILES string of the molecule is N=[P+](N)Oc1ccccc1. The highest BCUT2D eigenvalue weighted by Gasteiger charge is 2.03. The largest absolute Gasteiger partial charge is 0.520 e. The van der Waals surface area contributed by atoms with Crippen LogP contribution in [0.5, 0.6) is 5.75 Å². The van der Waals surface area contributed by atoms with Crippen molar-refractivity contribution in [3.05, 3.63) is 30.3 Å². The fraction of sp³-hybridized carbons (Fsp3) is 0. The van der Waals surface area contributed by atoms with Gasteiger partial charge in [-0.05, 0) is 12.1 Å². The van der Waals surface area contributed by atoms with Crippen LogP contribution in [0.25, 0.3) is 0 Å². The van der Waals surface area contributed by atoms with Crippen molar-refractivity contribution in [3.63, 3.8) is 0 Å². The van der Waals surface area contributed by atoms with E-state index in [0.717, 1.165) is 0 Å². The van der Waals surface area contributed by atoms with Gasteiger partial charge in [0, 0.05) is 0 Å². The van der Waals surface area contributed by atoms with Crippen LogP contribution in [0.15, 0.2) is 30.3 Å². The minimum absolute atomic E-state index is 0.658. The van der Waals surface area contributed by atoms with Gasteiger partial charge in [0.25, 0.3) is 0 Å². The maximum atomic E-state index is 6.94. The van der Waals surface area contributed by atoms with E-state index in [1.807, 2.05) is 18.2 Å². The predicted molar refractivity (Wildman–Crippen MR) is 40.9 cm³/mol. The quantitative estimate of drug-likeness (QED) is 0.642. The van der Waals surface area contributed by atoms with Gasteiger partial charge in [-0.2, -0.15) is 0 Å². The van der Waals surface area contributed by atoms with E-state index in [1.165, 1.54) is 0 Å². The van der Waals surface area contributed by atoms with Crippen LogP contribution in [0.1, 0.15) is 0 Å². The van der Waals surface area contributed by atoms with Gasteiger partial charge in [0.15, 0.2) is 5.75 Å². The molecule has 1 unspecified atom stereocenters. The van der Waals surface area contributed by atoms with Gasteiger partial charge in [-0.3, -0.25) is 4.52 Å². The molecular weight excluding hydrogens is 147 g/mol. The van der Waals surface area contributed by atoms with Gasteiger partial charge in [0.2, 0.25) is 0 Å². The van der Waals surface area contributed by atoms with E-state index in [4.69, 9.17) is 15.2 Å². The maximum Gasteiger partial charge on any atom is 0.520 e. The molecule has 1 rings (SSSR count). The molecule has 0 bridgehead atoms. The molecule has 1 aromatic rings. The smallest absolute Gasteiger partial charge is 0.253 e. The fourth-order valence-corrected chi connectivity index (χ4v) is 0.944. The molecular formula is C6H8N2OP+. The van der Waals surface area contributed by atoms with Crippen molar-refractivity contribution in [2.24, 2.45) is 5.50 Å². The Morgan fingerprint density at radius 1 is 1.30 bits per heavy atom. The normalized spacial score (nSPS) is 10.7. The highest BCUT2D eigenvalue weighted by molar-refractivity contribution is 7.38. The molecule has 1 atom stereocenters. The lowest BCUT2D eigenvalue weighted by atomic mass is 10.3. The second-order valence-corrected chi connectivity index (χ2v) is 2.56. The molecule has 0 aliphatic heterocycles. The average Bonchev–Trinajstić information content (AvgIpc) is 1.88. The summed E-state index contributed by atoms with van der Waals surface area (Å²) in [6.45, 7) is 0. The van der Waals surface area contributed by atoms with Gasteiger partial charge in [-0.25, -0.2) is 0 Å². The topological polar surface area (TPSA) is 59.1 Å². The predicted octanol–water partition coefficient (Wildman–Crippen LogP) is 2.10. The minimum Gasteiger partial charge on any atom is -0.253 e. The summed E-state index contributed by atoms with van der Waals surface area (Å²) >= 11 is 0. The number of nitrogens with two attached hydrogens (primary N) is 1. The van der Waals surface area contributed by atoms with Crippen LogP contribution in [0.3, 0.4) is 0 Å². The van der Waals surface area contributed by atoms with Crippen LogP contribution in [0.4, 0.5) is 0 Å². The van der Waals surface area contributed by atoms with Crippen LogP contribution in [-0.2, 0) is 0 Å². The molecule has 0 saturated carbocycles. The molecule has 0 aliphatic carbocycles. The highest BCUT2D eigenvalue weighted by Crippen LogP contribution is 2.19. The van der Waals surface area contributed by atoms with Gasteiger partial charge in [0.1, 0.15) is 0 Å². The van der Waals surface area contributed by atoms with E-state index in [-0.39, 0.29) is 0 Å². The number of hydrogen-bond acceptors (Lipinski definition) is 2. The van der Waals surface area contributed by atoms with Crippen molar-refractivity contribution in [2.45, 2.75) is 0 Å². The Bertz CT molecular complexity index is 224. The summed E-state index contributed by atoms with van der Waals surface area (Å²) in [5.41, 5.74) is 5.13. The van der Waals surface area contributed by atoms with Crippen molar-refractivity contribution in [3.8, 4) is 5.75 Å². The van der Waals surface area contributed by atoms with Gasteiger partial charge < -0.3 is 0 Å². The third-order valence-corrected chi connectivity index (χ3v) is 1.35. The Hall–Kier alpha value is -0.920. The Morgan fingerprint density at radius 3 is 2.40 bits per heavy atom. The van der Waals surface area contributed by atoms with Gasteiger partial charge in [0.05, 0.1) is 0 Å². The number of rotatable bonds is 2. The van der Waals surface area contributed by atoms with Crippen molar-refractivity contribution in [1.82, 2.24) is 0 Å². The minimum atomic E-state index is -1.53. The molecule has 4 heteroatoms. The summed E-state index contributed by atoms with van der Waals surface area (Å²) < 4.78 is 4.92. The van der Waals surface area contributed by atoms with E-state index < -0.39 is 8.09 Å². The molecule has 0 amide bonds. The molecule has 10 heavy (non-hydrogen) atoms. The second-order valence-electron chi connectivity index (χ2n) is 1.73. The number of nitrogens with one attached hydrogen (secondary N) is 1. The van der Waals surface area contributed by atoms with Crippen LogP contribution in [-0.4, -0.2) is 0 Å². The molecule has 1 aromatic carbocycles. The van der Waals surface area contributed by atoms with Crippen LogP contribution >= 0.6 is 8.09 Å². The van der Waals surface area contributed by atoms with E-state index in [9.17, 15) is 0 Å². The molecule has 0 aliphatic rings. The van der Waals surface area contributed by atoms with E-state index in [1.54, 1.807) is 12.1 Å². The Labute approximate surface area is 60.2 Å². The fourth-order valence-electron chi connectivity index (χ4n) is 0.595. The molecule has 3 nitrogen and oxygen atoms in total. The van der Waals surface area contributed by atoms with Gasteiger partial charge in [-0.1, -0.05) is 23.4 Å². The zero-order valence-electron chi connectivity index (χ0n) is 5.32. The van der Waals surface area contributed by atoms with Gasteiger partial charge >= 0.3 is 8.09 Å². The highest BCUT2D eigenvalue weighted by atomic mass is 31.1. The van der Waals surface area contributed by atoms with Crippen molar-refractivity contribution >= 4 is 8.09 Å². The van der Waals surface area contributed by atoms with Crippen molar-refractivity contribution in [1.29, 1.82) is 5.16 Å². The van der Waals surface area contributed by atoms with Crippen LogP contribution < -0.4 is 10.0 Å². The van der Waals surface area contributed by atoms with E-state index in [2.05, 4.69) is 0 Å².